The van der Waals surface area contributed by atoms with E-state index in [1.807, 2.05) is 5.51 Å². The Morgan fingerprint density at radius 1 is 1.31 bits per heavy atom. The van der Waals surface area contributed by atoms with Crippen LogP contribution in [0.25, 0.3) is 0 Å². The highest BCUT2D eigenvalue weighted by molar-refractivity contribution is 7.07. The second kappa shape index (κ2) is 4.22. The lowest BCUT2D eigenvalue weighted by Crippen LogP contribution is -2.02. The number of anilines is 1. The van der Waals surface area contributed by atoms with Crippen LogP contribution in [0.4, 0.5) is 5.82 Å². The van der Waals surface area contributed by atoms with E-state index >= 15 is 0 Å². The van der Waals surface area contributed by atoms with Crippen molar-refractivity contribution in [3.05, 3.63) is 40.0 Å². The van der Waals surface area contributed by atoms with Gasteiger partial charge >= 0.3 is 0 Å². The van der Waals surface area contributed by atoms with Crippen molar-refractivity contribution in [2.24, 2.45) is 0 Å². The van der Waals surface area contributed by atoms with Crippen molar-refractivity contribution in [2.45, 2.75) is 25.8 Å². The van der Waals surface area contributed by atoms with Crippen LogP contribution in [0.1, 0.15) is 23.4 Å². The molecule has 4 heteroatoms. The number of hydrogen-bond donors (Lipinski definition) is 1. The minimum absolute atomic E-state index is 0.759. The predicted molar refractivity (Wildman–Crippen MR) is 65.7 cm³/mol. The first kappa shape index (κ1) is 9.78. The largest absolute Gasteiger partial charge is 0.364 e. The normalized spacial score (nSPS) is 13.8. The third-order valence-electron chi connectivity index (χ3n) is 2.86. The topological polar surface area (TPSA) is 37.8 Å². The van der Waals surface area contributed by atoms with Crippen molar-refractivity contribution >= 4 is 17.2 Å². The molecule has 2 aromatic heterocycles. The maximum atomic E-state index is 4.62. The molecule has 2 aromatic rings. The molecule has 0 bridgehead atoms. The molecular weight excluding hydrogens is 218 g/mol. The lowest BCUT2D eigenvalue weighted by molar-refractivity contribution is 0.898. The van der Waals surface area contributed by atoms with E-state index in [0.29, 0.717) is 0 Å². The van der Waals surface area contributed by atoms with E-state index in [1.54, 1.807) is 11.3 Å². The van der Waals surface area contributed by atoms with Crippen LogP contribution in [-0.2, 0) is 19.4 Å². The number of aryl methyl sites for hydroxylation is 2. The fraction of sp³-hybridized carbons (Fsp3) is 0.333. The van der Waals surface area contributed by atoms with E-state index in [2.05, 4.69) is 32.8 Å². The van der Waals surface area contributed by atoms with Crippen LogP contribution in [0.2, 0.25) is 0 Å². The highest BCUT2D eigenvalue weighted by Crippen LogP contribution is 2.21. The molecule has 0 aromatic carbocycles. The molecular formula is C12H13N3S. The Bertz CT molecular complexity index is 479. The van der Waals surface area contributed by atoms with E-state index in [0.717, 1.165) is 24.5 Å². The molecule has 0 saturated heterocycles. The van der Waals surface area contributed by atoms with E-state index in [-0.39, 0.29) is 0 Å². The Hall–Kier alpha value is -1.42. The molecule has 0 atom stereocenters. The first-order valence-electron chi connectivity index (χ1n) is 5.51. The summed E-state index contributed by atoms with van der Waals surface area (Å²) in [4.78, 5) is 8.85. The Kier molecular flexibility index (Phi) is 2.58. The molecule has 0 saturated carbocycles. The van der Waals surface area contributed by atoms with E-state index in [1.165, 1.54) is 24.1 Å². The van der Waals surface area contributed by atoms with Gasteiger partial charge in [-0.05, 0) is 30.9 Å². The van der Waals surface area contributed by atoms with Crippen LogP contribution in [0.3, 0.4) is 0 Å². The summed E-state index contributed by atoms with van der Waals surface area (Å²) in [6.45, 7) is 0.759. The molecule has 0 spiro atoms. The van der Waals surface area contributed by atoms with Gasteiger partial charge in [-0.25, -0.2) is 9.97 Å². The third kappa shape index (κ3) is 1.93. The van der Waals surface area contributed by atoms with E-state index < -0.39 is 0 Å². The number of aromatic nitrogens is 2. The number of rotatable bonds is 3. The maximum Gasteiger partial charge on any atom is 0.126 e. The Balaban J connectivity index is 1.71. The van der Waals surface area contributed by atoms with Gasteiger partial charge in [0.2, 0.25) is 0 Å². The van der Waals surface area contributed by atoms with Crippen LogP contribution < -0.4 is 5.32 Å². The van der Waals surface area contributed by atoms with E-state index in [4.69, 9.17) is 0 Å². The molecule has 16 heavy (non-hydrogen) atoms. The summed E-state index contributed by atoms with van der Waals surface area (Å²) in [7, 11) is 0. The van der Waals surface area contributed by atoms with Crippen molar-refractivity contribution < 1.29 is 0 Å². The zero-order valence-corrected chi connectivity index (χ0v) is 9.76. The van der Waals surface area contributed by atoms with Gasteiger partial charge in [-0.3, -0.25) is 0 Å². The standard InChI is InChI=1S/C12H13N3S/c1-2-9-4-5-12(15-11(9)3-1)13-6-10-7-16-8-14-10/h4-5,7-8H,1-3,6H2,(H,13,15). The smallest absolute Gasteiger partial charge is 0.126 e. The number of fused-ring (bicyclic) bond motifs is 1. The minimum atomic E-state index is 0.759. The van der Waals surface area contributed by atoms with Crippen molar-refractivity contribution in [1.29, 1.82) is 0 Å². The van der Waals surface area contributed by atoms with Crippen LogP contribution in [0, 0.1) is 0 Å². The molecule has 82 valence electrons. The van der Waals surface area contributed by atoms with Gasteiger partial charge in [0.25, 0.3) is 0 Å². The first-order valence-corrected chi connectivity index (χ1v) is 6.46. The number of nitrogens with zero attached hydrogens (tertiary/aromatic N) is 2. The second-order valence-corrected chi connectivity index (χ2v) is 4.71. The number of nitrogens with one attached hydrogen (secondary N) is 1. The Labute approximate surface area is 98.6 Å². The number of thiazole rings is 1. The molecule has 1 N–H and O–H groups in total. The van der Waals surface area contributed by atoms with Gasteiger partial charge in [0.1, 0.15) is 5.82 Å². The van der Waals surface area contributed by atoms with Crippen molar-refractivity contribution in [1.82, 2.24) is 9.97 Å². The average molecular weight is 231 g/mol. The highest BCUT2D eigenvalue weighted by Gasteiger charge is 2.12. The van der Waals surface area contributed by atoms with Gasteiger partial charge in [-0.1, -0.05) is 6.07 Å². The lowest BCUT2D eigenvalue weighted by Gasteiger charge is -2.05. The summed E-state index contributed by atoms with van der Waals surface area (Å²) in [5.41, 5.74) is 5.61. The first-order chi connectivity index (χ1) is 7.92. The lowest BCUT2D eigenvalue weighted by atomic mass is 10.2. The summed E-state index contributed by atoms with van der Waals surface area (Å²) in [6, 6.07) is 4.26. The van der Waals surface area contributed by atoms with Gasteiger partial charge in [0.05, 0.1) is 17.7 Å². The Morgan fingerprint density at radius 3 is 3.19 bits per heavy atom. The molecule has 0 fully saturated rings. The van der Waals surface area contributed by atoms with Crippen LogP contribution in [0.5, 0.6) is 0 Å². The van der Waals surface area contributed by atoms with Crippen molar-refractivity contribution in [2.75, 3.05) is 5.32 Å². The van der Waals surface area contributed by atoms with Crippen molar-refractivity contribution in [3.63, 3.8) is 0 Å². The minimum Gasteiger partial charge on any atom is -0.364 e. The molecule has 0 amide bonds. The molecule has 1 aliphatic rings. The zero-order valence-electron chi connectivity index (χ0n) is 8.94. The molecule has 0 radical (unpaired) electrons. The summed E-state index contributed by atoms with van der Waals surface area (Å²) in [5.74, 6) is 0.966. The van der Waals surface area contributed by atoms with Gasteiger partial charge in [-0.2, -0.15) is 0 Å². The van der Waals surface area contributed by atoms with Crippen LogP contribution in [0.15, 0.2) is 23.0 Å². The molecule has 2 heterocycles. The van der Waals surface area contributed by atoms with Gasteiger partial charge in [0, 0.05) is 11.1 Å². The summed E-state index contributed by atoms with van der Waals surface area (Å²) in [5, 5.41) is 5.37. The SMILES string of the molecule is c1nc(CNc2ccc3c(n2)CCC3)cs1. The fourth-order valence-electron chi connectivity index (χ4n) is 2.02. The molecule has 1 aliphatic carbocycles. The monoisotopic (exact) mass is 231 g/mol. The number of pyridine rings is 1. The third-order valence-corrected chi connectivity index (χ3v) is 3.50. The van der Waals surface area contributed by atoms with E-state index in [9.17, 15) is 0 Å². The zero-order chi connectivity index (χ0) is 10.8. The van der Waals surface area contributed by atoms with Gasteiger partial charge < -0.3 is 5.32 Å². The second-order valence-electron chi connectivity index (χ2n) is 3.99. The number of hydrogen-bond acceptors (Lipinski definition) is 4. The summed E-state index contributed by atoms with van der Waals surface area (Å²) in [6.07, 6.45) is 3.56. The molecule has 3 nitrogen and oxygen atoms in total. The van der Waals surface area contributed by atoms with Crippen molar-refractivity contribution in [3.8, 4) is 0 Å². The molecule has 0 unspecified atom stereocenters. The van der Waals surface area contributed by atoms with Crippen LogP contribution in [-0.4, -0.2) is 9.97 Å². The maximum absolute atomic E-state index is 4.62. The van der Waals surface area contributed by atoms with Gasteiger partial charge in [-0.15, -0.1) is 11.3 Å². The quantitative estimate of drug-likeness (QED) is 0.882. The average Bonchev–Trinajstić information content (AvgIpc) is 2.97. The summed E-state index contributed by atoms with van der Waals surface area (Å²) < 4.78 is 0. The highest BCUT2D eigenvalue weighted by atomic mass is 32.1. The molecule has 0 aliphatic heterocycles. The van der Waals surface area contributed by atoms with Crippen LogP contribution >= 0.6 is 11.3 Å². The molecule has 3 rings (SSSR count). The predicted octanol–water partition coefficient (Wildman–Crippen LogP) is 2.64. The van der Waals surface area contributed by atoms with Gasteiger partial charge in [0.15, 0.2) is 0 Å². The Morgan fingerprint density at radius 2 is 2.31 bits per heavy atom. The summed E-state index contributed by atoms with van der Waals surface area (Å²) >= 11 is 1.62. The fourth-order valence-corrected chi connectivity index (χ4v) is 2.58.